The molecule has 0 atom stereocenters. The first-order chi connectivity index (χ1) is 12.0. The van der Waals surface area contributed by atoms with E-state index < -0.39 is 0 Å². The smallest absolute Gasteiger partial charge is 0.217 e. The third kappa shape index (κ3) is 7.21. The summed E-state index contributed by atoms with van der Waals surface area (Å²) in [6, 6.07) is 8.43. The van der Waals surface area contributed by atoms with Crippen molar-refractivity contribution in [1.82, 2.24) is 5.32 Å². The fourth-order valence-electron chi connectivity index (χ4n) is 2.39. The van der Waals surface area contributed by atoms with Gasteiger partial charge in [-0.05, 0) is 49.0 Å². The number of carbonyl (C=O) groups is 2. The van der Waals surface area contributed by atoms with Gasteiger partial charge in [0.15, 0.2) is 0 Å². The van der Waals surface area contributed by atoms with Gasteiger partial charge < -0.3 is 11.1 Å². The Hall–Kier alpha value is -2.62. The maximum atomic E-state index is 10.9. The summed E-state index contributed by atoms with van der Waals surface area (Å²) >= 11 is 0. The molecule has 1 rings (SSSR count). The molecule has 3 N–H and O–H groups in total. The van der Waals surface area contributed by atoms with Crippen molar-refractivity contribution in [2.24, 2.45) is 5.73 Å². The first kappa shape index (κ1) is 20.4. The zero-order valence-corrected chi connectivity index (χ0v) is 15.3. The molecule has 0 saturated carbocycles. The number of nitrogens with two attached hydrogens (primary N) is 1. The van der Waals surface area contributed by atoms with Crippen LogP contribution in [0.15, 0.2) is 53.8 Å². The van der Waals surface area contributed by atoms with Gasteiger partial charge in [-0.25, -0.2) is 0 Å². The van der Waals surface area contributed by atoms with Gasteiger partial charge >= 0.3 is 0 Å². The number of likely N-dealkylation sites (N-methyl/N-ethyl adjacent to an activating group) is 1. The Morgan fingerprint density at radius 1 is 1.20 bits per heavy atom. The predicted molar refractivity (Wildman–Crippen MR) is 104 cm³/mol. The molecule has 0 heterocycles. The van der Waals surface area contributed by atoms with Crippen LogP contribution in [-0.4, -0.2) is 19.2 Å². The summed E-state index contributed by atoms with van der Waals surface area (Å²) in [7, 11) is 1.85. The lowest BCUT2D eigenvalue weighted by molar-refractivity contribution is -0.118. The van der Waals surface area contributed by atoms with E-state index >= 15 is 0 Å². The van der Waals surface area contributed by atoms with E-state index in [0.717, 1.165) is 36.0 Å². The van der Waals surface area contributed by atoms with E-state index in [4.69, 9.17) is 5.73 Å². The van der Waals surface area contributed by atoms with Crippen LogP contribution >= 0.6 is 0 Å². The lowest BCUT2D eigenvalue weighted by Crippen LogP contribution is -2.10. The fraction of sp³-hybridized carbons (Fsp3) is 0.333. The molecule has 0 aromatic heterocycles. The van der Waals surface area contributed by atoms with E-state index in [1.165, 1.54) is 5.56 Å². The Kier molecular flexibility index (Phi) is 9.01. The molecule has 0 unspecified atom stereocenters. The first-order valence-corrected chi connectivity index (χ1v) is 8.61. The summed E-state index contributed by atoms with van der Waals surface area (Å²) < 4.78 is 0. The molecular formula is C21H28N2O2. The van der Waals surface area contributed by atoms with Crippen LogP contribution in [0.2, 0.25) is 0 Å². The van der Waals surface area contributed by atoms with Crippen LogP contribution in [0.3, 0.4) is 0 Å². The summed E-state index contributed by atoms with van der Waals surface area (Å²) in [6.07, 6.45) is 9.46. The van der Waals surface area contributed by atoms with Crippen molar-refractivity contribution >= 4 is 17.8 Å². The van der Waals surface area contributed by atoms with Gasteiger partial charge in [-0.2, -0.15) is 0 Å². The Labute approximate surface area is 150 Å². The van der Waals surface area contributed by atoms with Crippen molar-refractivity contribution in [3.05, 3.63) is 64.9 Å². The van der Waals surface area contributed by atoms with E-state index in [0.29, 0.717) is 18.4 Å². The molecule has 0 fully saturated rings. The topological polar surface area (TPSA) is 72.2 Å². The maximum absolute atomic E-state index is 10.9. The third-order valence-corrected chi connectivity index (χ3v) is 3.91. The number of benzene rings is 1. The highest BCUT2D eigenvalue weighted by molar-refractivity contribution is 5.80. The summed E-state index contributed by atoms with van der Waals surface area (Å²) in [5.41, 5.74) is 10.2. The second-order valence-electron chi connectivity index (χ2n) is 5.89. The Morgan fingerprint density at radius 3 is 2.40 bits per heavy atom. The van der Waals surface area contributed by atoms with Crippen LogP contribution in [0.25, 0.3) is 5.57 Å². The summed E-state index contributed by atoms with van der Waals surface area (Å²) in [5.74, 6) is -0.281. The highest BCUT2D eigenvalue weighted by Crippen LogP contribution is 2.23. The number of hydrogen-bond acceptors (Lipinski definition) is 3. The minimum atomic E-state index is -0.281. The number of rotatable bonds is 10. The summed E-state index contributed by atoms with van der Waals surface area (Å²) in [4.78, 5) is 21.7. The number of primary amides is 1. The van der Waals surface area contributed by atoms with Gasteiger partial charge in [0, 0.05) is 24.7 Å². The number of carbonyl (C=O) groups excluding carboxylic acids is 2. The molecule has 134 valence electrons. The standard InChI is InChI=1S/C21H28N2O2/c1-4-17-10-12-18(13-11-17)19(7-5-6-8-21(22)25)20(23-3)14-9-16(2)15-24/h7,9-15,23H,4-6,8H2,1-3H3,(H2,22,25)/b16-9-,19-7+,20-14-. The van der Waals surface area contributed by atoms with Crippen molar-refractivity contribution < 1.29 is 9.59 Å². The minimum Gasteiger partial charge on any atom is -0.388 e. The lowest BCUT2D eigenvalue weighted by atomic mass is 9.98. The molecule has 1 aromatic rings. The number of aryl methyl sites for hydroxylation is 1. The largest absolute Gasteiger partial charge is 0.388 e. The van der Waals surface area contributed by atoms with Crippen LogP contribution in [0.1, 0.15) is 44.2 Å². The molecule has 4 heteroatoms. The molecule has 0 bridgehead atoms. The van der Waals surface area contributed by atoms with Crippen molar-refractivity contribution in [3.63, 3.8) is 0 Å². The van der Waals surface area contributed by atoms with Gasteiger partial charge in [-0.1, -0.05) is 43.3 Å². The second-order valence-corrected chi connectivity index (χ2v) is 5.89. The van der Waals surface area contributed by atoms with Gasteiger partial charge in [0.1, 0.15) is 6.29 Å². The van der Waals surface area contributed by atoms with Crippen LogP contribution < -0.4 is 11.1 Å². The van der Waals surface area contributed by atoms with Crippen molar-refractivity contribution in [1.29, 1.82) is 0 Å². The number of aldehydes is 1. The number of nitrogens with one attached hydrogen (secondary N) is 1. The fourth-order valence-corrected chi connectivity index (χ4v) is 2.39. The third-order valence-electron chi connectivity index (χ3n) is 3.91. The normalized spacial score (nSPS) is 12.8. The second kappa shape index (κ2) is 11.0. The van der Waals surface area contributed by atoms with E-state index in [1.807, 2.05) is 13.1 Å². The zero-order chi connectivity index (χ0) is 18.7. The average molecular weight is 340 g/mol. The SMILES string of the molecule is CCc1ccc(C(=C\CCCC(N)=O)/C(=C/C=C(/C)C=O)NC)cc1. The molecule has 0 aliphatic carbocycles. The number of amides is 1. The number of allylic oxidation sites excluding steroid dienone is 5. The highest BCUT2D eigenvalue weighted by atomic mass is 16.1. The Morgan fingerprint density at radius 2 is 1.88 bits per heavy atom. The molecule has 1 aromatic carbocycles. The maximum Gasteiger partial charge on any atom is 0.217 e. The van der Waals surface area contributed by atoms with Gasteiger partial charge in [0.25, 0.3) is 0 Å². The average Bonchev–Trinajstić information content (AvgIpc) is 2.63. The molecule has 4 nitrogen and oxygen atoms in total. The van der Waals surface area contributed by atoms with Gasteiger partial charge in [0.05, 0.1) is 0 Å². The molecule has 0 aliphatic heterocycles. The Bertz CT molecular complexity index is 668. The van der Waals surface area contributed by atoms with Crippen LogP contribution in [0.5, 0.6) is 0 Å². The van der Waals surface area contributed by atoms with Crippen molar-refractivity contribution in [2.75, 3.05) is 7.05 Å². The number of hydrogen-bond donors (Lipinski definition) is 2. The minimum absolute atomic E-state index is 0.281. The number of unbranched alkanes of at least 4 members (excludes halogenated alkanes) is 1. The first-order valence-electron chi connectivity index (χ1n) is 8.61. The molecule has 1 amide bonds. The van der Waals surface area contributed by atoms with E-state index in [9.17, 15) is 9.59 Å². The quantitative estimate of drug-likeness (QED) is 0.296. The zero-order valence-electron chi connectivity index (χ0n) is 15.3. The van der Waals surface area contributed by atoms with Crippen molar-refractivity contribution in [2.45, 2.75) is 39.5 Å². The summed E-state index contributed by atoms with van der Waals surface area (Å²) in [5, 5.41) is 3.20. The van der Waals surface area contributed by atoms with Gasteiger partial charge in [-0.15, -0.1) is 0 Å². The molecule has 0 aliphatic rings. The van der Waals surface area contributed by atoms with Gasteiger partial charge in [-0.3, -0.25) is 9.59 Å². The molecule has 25 heavy (non-hydrogen) atoms. The highest BCUT2D eigenvalue weighted by Gasteiger charge is 2.07. The molecular weight excluding hydrogens is 312 g/mol. The van der Waals surface area contributed by atoms with E-state index in [2.05, 4.69) is 42.6 Å². The van der Waals surface area contributed by atoms with E-state index in [1.54, 1.807) is 13.0 Å². The van der Waals surface area contributed by atoms with Gasteiger partial charge in [0.2, 0.25) is 5.91 Å². The predicted octanol–water partition coefficient (Wildman–Crippen LogP) is 3.54. The molecule has 0 saturated heterocycles. The Balaban J connectivity index is 3.17. The van der Waals surface area contributed by atoms with Crippen LogP contribution in [-0.2, 0) is 16.0 Å². The molecule has 0 radical (unpaired) electrons. The monoisotopic (exact) mass is 340 g/mol. The van der Waals surface area contributed by atoms with Crippen molar-refractivity contribution in [3.8, 4) is 0 Å². The van der Waals surface area contributed by atoms with Crippen LogP contribution in [0.4, 0.5) is 0 Å². The molecule has 0 spiro atoms. The van der Waals surface area contributed by atoms with Crippen LogP contribution in [0, 0.1) is 0 Å². The van der Waals surface area contributed by atoms with E-state index in [-0.39, 0.29) is 5.91 Å². The summed E-state index contributed by atoms with van der Waals surface area (Å²) in [6.45, 7) is 3.89. The lowest BCUT2D eigenvalue weighted by Gasteiger charge is -2.13.